The highest BCUT2D eigenvalue weighted by atomic mass is 16.5. The minimum absolute atomic E-state index is 0.169. The van der Waals surface area contributed by atoms with Crippen LogP contribution < -0.4 is 0 Å². The number of ketones is 1. The summed E-state index contributed by atoms with van der Waals surface area (Å²) in [6.07, 6.45) is 1.34. The van der Waals surface area contributed by atoms with Crippen molar-refractivity contribution >= 4 is 23.2 Å². The van der Waals surface area contributed by atoms with Crippen molar-refractivity contribution in [2.24, 2.45) is 16.3 Å². The van der Waals surface area contributed by atoms with Crippen molar-refractivity contribution in [1.82, 2.24) is 0 Å². The number of benzene rings is 1. The molecular weight excluding hydrogens is 330 g/mol. The van der Waals surface area contributed by atoms with Crippen molar-refractivity contribution in [3.63, 3.8) is 0 Å². The van der Waals surface area contributed by atoms with Gasteiger partial charge >= 0.3 is 5.97 Å². The molecule has 0 amide bonds. The molecular formula is C21H27NO4. The first-order valence-corrected chi connectivity index (χ1v) is 8.90. The first-order chi connectivity index (χ1) is 12.2. The molecule has 0 saturated heterocycles. The van der Waals surface area contributed by atoms with Gasteiger partial charge < -0.3 is 9.84 Å². The molecule has 1 aliphatic rings. The molecule has 0 fully saturated rings. The van der Waals surface area contributed by atoms with Crippen molar-refractivity contribution in [1.29, 1.82) is 0 Å². The zero-order chi connectivity index (χ0) is 19.5. The van der Waals surface area contributed by atoms with E-state index >= 15 is 0 Å². The first-order valence-electron chi connectivity index (χ1n) is 8.90. The predicted molar refractivity (Wildman–Crippen MR) is 102 cm³/mol. The molecule has 1 unspecified atom stereocenters. The van der Waals surface area contributed by atoms with E-state index in [4.69, 9.17) is 4.74 Å². The van der Waals surface area contributed by atoms with Crippen molar-refractivity contribution < 1.29 is 19.4 Å². The molecule has 5 nitrogen and oxygen atoms in total. The van der Waals surface area contributed by atoms with Gasteiger partial charge in [0.1, 0.15) is 11.7 Å². The summed E-state index contributed by atoms with van der Waals surface area (Å²) in [5, 5.41) is 10.8. The number of nitrogens with zero attached hydrogens (tertiary/aromatic N) is 1. The van der Waals surface area contributed by atoms with Gasteiger partial charge in [0.15, 0.2) is 5.78 Å². The molecule has 0 aliphatic heterocycles. The Kier molecular flexibility index (Phi) is 6.01. The summed E-state index contributed by atoms with van der Waals surface area (Å²) in [5.74, 6) is -1.83. The molecule has 2 rings (SSSR count). The molecule has 0 saturated carbocycles. The Morgan fingerprint density at radius 1 is 1.27 bits per heavy atom. The van der Waals surface area contributed by atoms with Crippen molar-refractivity contribution in [3.8, 4) is 0 Å². The van der Waals surface area contributed by atoms with Gasteiger partial charge in [0.05, 0.1) is 24.1 Å². The number of ether oxygens (including phenoxy) is 1. The summed E-state index contributed by atoms with van der Waals surface area (Å²) in [5.41, 5.74) is 1.91. The lowest BCUT2D eigenvalue weighted by Gasteiger charge is -2.37. The summed E-state index contributed by atoms with van der Waals surface area (Å²) < 4.78 is 4.87. The second kappa shape index (κ2) is 7.85. The third-order valence-electron chi connectivity index (χ3n) is 4.71. The number of methoxy groups -OCH3 is 1. The Labute approximate surface area is 154 Å². The maximum atomic E-state index is 12.7. The molecule has 26 heavy (non-hydrogen) atoms. The Bertz CT molecular complexity index is 757. The summed E-state index contributed by atoms with van der Waals surface area (Å²) >= 11 is 0. The van der Waals surface area contributed by atoms with E-state index < -0.39 is 17.3 Å². The van der Waals surface area contributed by atoms with Crippen LogP contribution in [0.4, 0.5) is 5.69 Å². The lowest BCUT2D eigenvalue weighted by Crippen LogP contribution is -2.41. The molecule has 0 bridgehead atoms. The van der Waals surface area contributed by atoms with Gasteiger partial charge in [-0.3, -0.25) is 14.6 Å². The standard InChI is InChI=1S/C21H27NO4/c1-6-7-16(23)17-15(22-14-10-8-13(2)9-11-14)12-21(3,4)18(19(17)24)20(25)26-5/h8-11,18,24H,6-7,12H2,1-5H3. The number of hydrogen-bond donors (Lipinski definition) is 1. The average Bonchev–Trinajstić information content (AvgIpc) is 2.56. The van der Waals surface area contributed by atoms with E-state index in [9.17, 15) is 14.7 Å². The molecule has 1 aromatic rings. The summed E-state index contributed by atoms with van der Waals surface area (Å²) in [6.45, 7) is 7.63. The molecule has 140 valence electrons. The maximum absolute atomic E-state index is 12.7. The largest absolute Gasteiger partial charge is 0.511 e. The van der Waals surface area contributed by atoms with E-state index in [1.54, 1.807) is 0 Å². The minimum Gasteiger partial charge on any atom is -0.511 e. The fraction of sp³-hybridized carbons (Fsp3) is 0.476. The van der Waals surface area contributed by atoms with Gasteiger partial charge in [-0.2, -0.15) is 0 Å². The molecule has 0 spiro atoms. The number of rotatable bonds is 5. The van der Waals surface area contributed by atoms with Gasteiger partial charge in [0.25, 0.3) is 0 Å². The van der Waals surface area contributed by atoms with Crippen LogP contribution in [0.2, 0.25) is 0 Å². The topological polar surface area (TPSA) is 76.0 Å². The second-order valence-electron chi connectivity index (χ2n) is 7.45. The van der Waals surface area contributed by atoms with E-state index in [0.717, 1.165) is 5.56 Å². The Hall–Kier alpha value is -2.43. The third-order valence-corrected chi connectivity index (χ3v) is 4.71. The molecule has 1 aromatic carbocycles. The number of Topliss-reactive ketones (excluding diaryl/α,β-unsaturated/α-hetero) is 1. The van der Waals surface area contributed by atoms with Gasteiger partial charge in [-0.1, -0.05) is 38.5 Å². The number of esters is 1. The van der Waals surface area contributed by atoms with Crippen molar-refractivity contribution in [3.05, 3.63) is 41.2 Å². The fourth-order valence-corrected chi connectivity index (χ4v) is 3.36. The highest BCUT2D eigenvalue weighted by molar-refractivity contribution is 6.24. The van der Waals surface area contributed by atoms with Crippen molar-refractivity contribution in [2.75, 3.05) is 7.11 Å². The van der Waals surface area contributed by atoms with Crippen LogP contribution in [0.3, 0.4) is 0 Å². The zero-order valence-electron chi connectivity index (χ0n) is 16.1. The number of aryl methyl sites for hydroxylation is 1. The van der Waals surface area contributed by atoms with Crippen LogP contribution in [0, 0.1) is 18.3 Å². The molecule has 5 heteroatoms. The quantitative estimate of drug-likeness (QED) is 0.789. The number of carbonyl (C=O) groups is 2. The summed E-state index contributed by atoms with van der Waals surface area (Å²) in [6, 6.07) is 7.64. The van der Waals surface area contributed by atoms with Crippen LogP contribution >= 0.6 is 0 Å². The highest BCUT2D eigenvalue weighted by Crippen LogP contribution is 2.43. The third kappa shape index (κ3) is 4.03. The fourth-order valence-electron chi connectivity index (χ4n) is 3.36. The number of aliphatic imine (C=N–C) groups is 1. The number of carbonyl (C=O) groups excluding carboxylic acids is 2. The van der Waals surface area contributed by atoms with Crippen LogP contribution in [0.1, 0.15) is 45.6 Å². The molecule has 1 aliphatic carbocycles. The normalized spacial score (nSPS) is 21.0. The van der Waals surface area contributed by atoms with Gasteiger partial charge in [-0.05, 0) is 37.3 Å². The zero-order valence-corrected chi connectivity index (χ0v) is 16.1. The van der Waals surface area contributed by atoms with E-state index in [1.165, 1.54) is 7.11 Å². The predicted octanol–water partition coefficient (Wildman–Crippen LogP) is 4.47. The van der Waals surface area contributed by atoms with E-state index in [2.05, 4.69) is 4.99 Å². The van der Waals surface area contributed by atoms with Crippen LogP contribution in [0.15, 0.2) is 40.6 Å². The van der Waals surface area contributed by atoms with Gasteiger partial charge in [0, 0.05) is 6.42 Å². The monoisotopic (exact) mass is 357 g/mol. The Balaban J connectivity index is 2.62. The van der Waals surface area contributed by atoms with Crippen LogP contribution in [0.5, 0.6) is 0 Å². The SMILES string of the molecule is CCCC(=O)C1=C(O)C(C(=O)OC)C(C)(C)CC1=Nc1ccc(C)cc1. The van der Waals surface area contributed by atoms with E-state index in [0.29, 0.717) is 30.7 Å². The second-order valence-corrected chi connectivity index (χ2v) is 7.45. The average molecular weight is 357 g/mol. The molecule has 0 aromatic heterocycles. The van der Waals surface area contributed by atoms with E-state index in [-0.39, 0.29) is 17.1 Å². The molecule has 1 N–H and O–H groups in total. The van der Waals surface area contributed by atoms with Crippen LogP contribution in [-0.4, -0.2) is 29.7 Å². The number of aliphatic hydroxyl groups is 1. The lowest BCUT2D eigenvalue weighted by molar-refractivity contribution is -0.149. The summed E-state index contributed by atoms with van der Waals surface area (Å²) in [7, 11) is 1.29. The number of allylic oxidation sites excluding steroid dienone is 1. The maximum Gasteiger partial charge on any atom is 0.316 e. The first kappa shape index (κ1) is 19.9. The molecule has 0 radical (unpaired) electrons. The lowest BCUT2D eigenvalue weighted by atomic mass is 9.67. The number of aliphatic hydroxyl groups excluding tert-OH is 1. The smallest absolute Gasteiger partial charge is 0.316 e. The van der Waals surface area contributed by atoms with Gasteiger partial charge in [-0.25, -0.2) is 0 Å². The Morgan fingerprint density at radius 2 is 1.88 bits per heavy atom. The van der Waals surface area contributed by atoms with Gasteiger partial charge in [-0.15, -0.1) is 0 Å². The molecule has 0 heterocycles. The summed E-state index contributed by atoms with van der Waals surface area (Å²) in [4.78, 5) is 29.6. The number of hydrogen-bond acceptors (Lipinski definition) is 5. The highest BCUT2D eigenvalue weighted by Gasteiger charge is 2.47. The Morgan fingerprint density at radius 3 is 2.42 bits per heavy atom. The van der Waals surface area contributed by atoms with Crippen LogP contribution in [0.25, 0.3) is 0 Å². The van der Waals surface area contributed by atoms with Gasteiger partial charge in [0.2, 0.25) is 0 Å². The minimum atomic E-state index is -0.875. The van der Waals surface area contributed by atoms with Crippen LogP contribution in [-0.2, 0) is 14.3 Å². The van der Waals surface area contributed by atoms with E-state index in [1.807, 2.05) is 52.0 Å². The van der Waals surface area contributed by atoms with Crippen molar-refractivity contribution in [2.45, 2.75) is 47.0 Å². The molecule has 1 atom stereocenters.